The summed E-state index contributed by atoms with van der Waals surface area (Å²) in [5.41, 5.74) is 1.00. The molecule has 2 aromatic carbocycles. The zero-order chi connectivity index (χ0) is 17.1. The Labute approximate surface area is 147 Å². The quantitative estimate of drug-likeness (QED) is 0.808. The van der Waals surface area contributed by atoms with Crippen LogP contribution in [0.1, 0.15) is 5.56 Å². The smallest absolute Gasteiger partial charge is 0.295 e. The highest BCUT2D eigenvalue weighted by Gasteiger charge is 2.34. The summed E-state index contributed by atoms with van der Waals surface area (Å²) in [4.78, 5) is 25.6. The fraction of sp³-hybridized carbons (Fsp3) is 0.0588. The van der Waals surface area contributed by atoms with Crippen LogP contribution in [0.2, 0.25) is 5.02 Å². The average Bonchev–Trinajstić information content (AvgIpc) is 2.83. The van der Waals surface area contributed by atoms with E-state index in [0.717, 1.165) is 22.3 Å². The van der Waals surface area contributed by atoms with E-state index >= 15 is 0 Å². The van der Waals surface area contributed by atoms with E-state index in [1.807, 2.05) is 0 Å². The first kappa shape index (κ1) is 16.5. The summed E-state index contributed by atoms with van der Waals surface area (Å²) in [7, 11) is 0. The van der Waals surface area contributed by atoms with E-state index in [2.05, 4.69) is 5.32 Å². The SMILES string of the molecule is O=C1S/C(=C\c2ccccc2F)C(=O)N1CNc1ccc(Cl)cc1. The number of thioether (sulfide) groups is 1. The molecule has 0 unspecified atom stereocenters. The van der Waals surface area contributed by atoms with E-state index < -0.39 is 17.0 Å². The van der Waals surface area contributed by atoms with Gasteiger partial charge in [-0.1, -0.05) is 29.8 Å². The molecule has 0 aliphatic carbocycles. The van der Waals surface area contributed by atoms with Gasteiger partial charge in [0.05, 0.1) is 11.6 Å². The minimum atomic E-state index is -0.449. The molecule has 0 aromatic heterocycles. The molecule has 4 nitrogen and oxygen atoms in total. The number of imide groups is 1. The monoisotopic (exact) mass is 362 g/mol. The molecule has 2 amide bonds. The maximum atomic E-state index is 13.7. The number of anilines is 1. The van der Waals surface area contributed by atoms with Gasteiger partial charge in [-0.2, -0.15) is 0 Å². The molecule has 0 bridgehead atoms. The van der Waals surface area contributed by atoms with Crippen LogP contribution in [0.25, 0.3) is 6.08 Å². The van der Waals surface area contributed by atoms with Crippen molar-refractivity contribution in [3.05, 3.63) is 69.8 Å². The molecule has 1 N–H and O–H groups in total. The first-order chi connectivity index (χ1) is 11.5. The van der Waals surface area contributed by atoms with Crippen molar-refractivity contribution in [2.24, 2.45) is 0 Å². The Balaban J connectivity index is 1.72. The first-order valence-electron chi connectivity index (χ1n) is 7.04. The van der Waals surface area contributed by atoms with E-state index in [1.165, 1.54) is 12.1 Å². The fourth-order valence-electron chi connectivity index (χ4n) is 2.11. The summed E-state index contributed by atoms with van der Waals surface area (Å²) in [6, 6.07) is 13.0. The maximum Gasteiger partial charge on any atom is 0.295 e. The number of nitrogens with zero attached hydrogens (tertiary/aromatic N) is 1. The lowest BCUT2D eigenvalue weighted by atomic mass is 10.2. The molecular formula is C17H12ClFN2O2S. The van der Waals surface area contributed by atoms with Crippen molar-refractivity contribution in [2.75, 3.05) is 12.0 Å². The van der Waals surface area contributed by atoms with E-state index in [-0.39, 0.29) is 17.1 Å². The number of hydrogen-bond acceptors (Lipinski definition) is 4. The van der Waals surface area contributed by atoms with Gasteiger partial charge in [-0.3, -0.25) is 14.5 Å². The van der Waals surface area contributed by atoms with Gasteiger partial charge >= 0.3 is 0 Å². The lowest BCUT2D eigenvalue weighted by molar-refractivity contribution is -0.122. The average molecular weight is 363 g/mol. The fourth-order valence-corrected chi connectivity index (χ4v) is 3.06. The summed E-state index contributed by atoms with van der Waals surface area (Å²) in [6.45, 7) is 0.0287. The Hall–Kier alpha value is -2.31. The summed E-state index contributed by atoms with van der Waals surface area (Å²) in [5.74, 6) is -0.890. The zero-order valence-electron chi connectivity index (χ0n) is 12.3. The molecule has 1 aliphatic heterocycles. The van der Waals surface area contributed by atoms with Gasteiger partial charge in [0.25, 0.3) is 11.1 Å². The van der Waals surface area contributed by atoms with Gasteiger partial charge in [0.1, 0.15) is 5.82 Å². The second-order valence-corrected chi connectivity index (χ2v) is 6.40. The highest BCUT2D eigenvalue weighted by molar-refractivity contribution is 8.18. The van der Waals surface area contributed by atoms with Crippen molar-refractivity contribution >= 4 is 46.3 Å². The lowest BCUT2D eigenvalue weighted by Gasteiger charge is -2.14. The first-order valence-corrected chi connectivity index (χ1v) is 8.23. The van der Waals surface area contributed by atoms with Crippen LogP contribution in [0.5, 0.6) is 0 Å². The second-order valence-electron chi connectivity index (χ2n) is 4.97. The minimum absolute atomic E-state index is 0.0287. The molecule has 3 rings (SSSR count). The van der Waals surface area contributed by atoms with Gasteiger partial charge in [0.2, 0.25) is 0 Å². The normalized spacial score (nSPS) is 16.1. The predicted octanol–water partition coefficient (Wildman–Crippen LogP) is 4.59. The number of amides is 2. The highest BCUT2D eigenvalue weighted by Crippen LogP contribution is 2.32. The molecule has 7 heteroatoms. The van der Waals surface area contributed by atoms with Crippen LogP contribution in [-0.4, -0.2) is 22.7 Å². The third-order valence-electron chi connectivity index (χ3n) is 3.35. The molecule has 0 atom stereocenters. The number of rotatable bonds is 4. The maximum absolute atomic E-state index is 13.7. The number of nitrogens with one attached hydrogen (secondary N) is 1. The molecule has 1 fully saturated rings. The summed E-state index contributed by atoms with van der Waals surface area (Å²) >= 11 is 6.60. The Morgan fingerprint density at radius 1 is 1.12 bits per heavy atom. The van der Waals surface area contributed by atoms with Crippen LogP contribution >= 0.6 is 23.4 Å². The molecule has 1 saturated heterocycles. The Bertz CT molecular complexity index is 824. The third kappa shape index (κ3) is 3.60. The van der Waals surface area contributed by atoms with Crippen molar-refractivity contribution < 1.29 is 14.0 Å². The Morgan fingerprint density at radius 2 is 1.83 bits per heavy atom. The largest absolute Gasteiger partial charge is 0.367 e. The predicted molar refractivity (Wildman–Crippen MR) is 94.2 cm³/mol. The lowest BCUT2D eigenvalue weighted by Crippen LogP contribution is -2.33. The molecule has 1 heterocycles. The highest BCUT2D eigenvalue weighted by atomic mass is 35.5. The van der Waals surface area contributed by atoms with Crippen molar-refractivity contribution in [3.8, 4) is 0 Å². The standard InChI is InChI=1S/C17H12ClFN2O2S/c18-12-5-7-13(8-6-12)20-10-21-16(22)15(24-17(21)23)9-11-3-1-2-4-14(11)19/h1-9,20H,10H2/b15-9-. The summed E-state index contributed by atoms with van der Waals surface area (Å²) in [6.07, 6.45) is 1.39. The number of carbonyl (C=O) groups is 2. The van der Waals surface area contributed by atoms with Gasteiger partial charge in [0, 0.05) is 16.3 Å². The second kappa shape index (κ2) is 7.07. The molecule has 1 aliphatic rings. The van der Waals surface area contributed by atoms with E-state index in [9.17, 15) is 14.0 Å². The van der Waals surface area contributed by atoms with E-state index in [1.54, 1.807) is 42.5 Å². The van der Waals surface area contributed by atoms with Crippen LogP contribution in [0.3, 0.4) is 0 Å². The minimum Gasteiger partial charge on any atom is -0.367 e. The zero-order valence-corrected chi connectivity index (χ0v) is 13.9. The molecule has 2 aromatic rings. The topological polar surface area (TPSA) is 49.4 Å². The molecule has 0 radical (unpaired) electrons. The third-order valence-corrected chi connectivity index (χ3v) is 4.51. The summed E-state index contributed by atoms with van der Waals surface area (Å²) < 4.78 is 13.7. The number of hydrogen-bond donors (Lipinski definition) is 1. The van der Waals surface area contributed by atoms with Crippen molar-refractivity contribution in [1.82, 2.24) is 4.90 Å². The molecule has 0 spiro atoms. The van der Waals surface area contributed by atoms with Crippen LogP contribution in [-0.2, 0) is 4.79 Å². The van der Waals surface area contributed by atoms with Crippen LogP contribution < -0.4 is 5.32 Å². The molecular weight excluding hydrogens is 351 g/mol. The van der Waals surface area contributed by atoms with Crippen LogP contribution in [0, 0.1) is 5.82 Å². The van der Waals surface area contributed by atoms with Crippen molar-refractivity contribution in [2.45, 2.75) is 0 Å². The van der Waals surface area contributed by atoms with Crippen molar-refractivity contribution in [1.29, 1.82) is 0 Å². The number of benzene rings is 2. The number of carbonyl (C=O) groups excluding carboxylic acids is 2. The summed E-state index contributed by atoms with van der Waals surface area (Å²) in [5, 5.41) is 3.18. The van der Waals surface area contributed by atoms with Crippen LogP contribution in [0.15, 0.2) is 53.4 Å². The molecule has 122 valence electrons. The van der Waals surface area contributed by atoms with Gasteiger partial charge in [-0.25, -0.2) is 4.39 Å². The van der Waals surface area contributed by atoms with Gasteiger partial charge in [0.15, 0.2) is 0 Å². The molecule has 0 saturated carbocycles. The Kier molecular flexibility index (Phi) is 4.87. The van der Waals surface area contributed by atoms with E-state index in [0.29, 0.717) is 5.02 Å². The Morgan fingerprint density at radius 3 is 2.54 bits per heavy atom. The van der Waals surface area contributed by atoms with Crippen molar-refractivity contribution in [3.63, 3.8) is 0 Å². The van der Waals surface area contributed by atoms with Gasteiger partial charge in [-0.15, -0.1) is 0 Å². The molecule has 24 heavy (non-hydrogen) atoms. The van der Waals surface area contributed by atoms with Gasteiger partial charge in [-0.05, 0) is 48.2 Å². The van der Waals surface area contributed by atoms with Gasteiger partial charge < -0.3 is 5.32 Å². The van der Waals surface area contributed by atoms with E-state index in [4.69, 9.17) is 11.6 Å². The number of halogens is 2. The van der Waals surface area contributed by atoms with Crippen LogP contribution in [0.4, 0.5) is 14.9 Å².